The first kappa shape index (κ1) is 13.7. The topological polar surface area (TPSA) is 67.2 Å². The van der Waals surface area contributed by atoms with Gasteiger partial charge in [-0.3, -0.25) is 4.79 Å². The van der Waals surface area contributed by atoms with E-state index in [-0.39, 0.29) is 11.4 Å². The van der Waals surface area contributed by atoms with Crippen LogP contribution in [0.5, 0.6) is 0 Å². The molecule has 4 nitrogen and oxygen atoms in total. The fraction of sp³-hybridized carbons (Fsp3) is 0.533. The standard InChI is InChI=1S/C15H23N3O/c1-4-15(3,5-2)18-13-8-10-6-7-14(19)17-12(10)9-11(13)16/h8-9,18H,4-7,16H2,1-3H3,(H,17,19). The number of fused-ring (bicyclic) bond motifs is 1. The molecule has 104 valence electrons. The van der Waals surface area contributed by atoms with Gasteiger partial charge in [0, 0.05) is 17.6 Å². The number of carbonyl (C=O) groups excluding carboxylic acids is 1. The van der Waals surface area contributed by atoms with Crippen molar-refractivity contribution in [2.45, 2.75) is 52.0 Å². The van der Waals surface area contributed by atoms with E-state index in [0.717, 1.165) is 36.2 Å². The van der Waals surface area contributed by atoms with Gasteiger partial charge in [-0.25, -0.2) is 0 Å². The maximum atomic E-state index is 11.4. The molecule has 1 aromatic carbocycles. The first-order valence-electron chi connectivity index (χ1n) is 6.98. The largest absolute Gasteiger partial charge is 0.397 e. The lowest BCUT2D eigenvalue weighted by atomic mass is 9.94. The number of nitrogens with two attached hydrogens (primary N) is 1. The summed E-state index contributed by atoms with van der Waals surface area (Å²) >= 11 is 0. The van der Waals surface area contributed by atoms with E-state index in [0.29, 0.717) is 12.1 Å². The van der Waals surface area contributed by atoms with Crippen molar-refractivity contribution < 1.29 is 4.79 Å². The highest BCUT2D eigenvalue weighted by Crippen LogP contribution is 2.33. The van der Waals surface area contributed by atoms with Gasteiger partial charge in [0.2, 0.25) is 5.91 Å². The van der Waals surface area contributed by atoms with Crippen LogP contribution in [0.2, 0.25) is 0 Å². The van der Waals surface area contributed by atoms with Crippen LogP contribution in [0.3, 0.4) is 0 Å². The van der Waals surface area contributed by atoms with Crippen molar-refractivity contribution in [3.63, 3.8) is 0 Å². The molecular formula is C15H23N3O. The predicted octanol–water partition coefficient (Wildman–Crippen LogP) is 3.14. The zero-order chi connectivity index (χ0) is 14.0. The van der Waals surface area contributed by atoms with E-state index in [9.17, 15) is 4.79 Å². The van der Waals surface area contributed by atoms with Gasteiger partial charge in [0.1, 0.15) is 0 Å². The Morgan fingerprint density at radius 2 is 2.00 bits per heavy atom. The van der Waals surface area contributed by atoms with Crippen LogP contribution in [0.15, 0.2) is 12.1 Å². The summed E-state index contributed by atoms with van der Waals surface area (Å²) in [6.45, 7) is 6.55. The minimum atomic E-state index is 0.0558. The highest BCUT2D eigenvalue weighted by atomic mass is 16.1. The fourth-order valence-electron chi connectivity index (χ4n) is 2.31. The number of carbonyl (C=O) groups is 1. The maximum Gasteiger partial charge on any atom is 0.224 e. The molecule has 0 atom stereocenters. The van der Waals surface area contributed by atoms with Crippen molar-refractivity contribution in [1.29, 1.82) is 0 Å². The molecule has 0 spiro atoms. The number of hydrogen-bond donors (Lipinski definition) is 3. The van der Waals surface area contributed by atoms with Crippen molar-refractivity contribution in [2.24, 2.45) is 0 Å². The molecular weight excluding hydrogens is 238 g/mol. The Hall–Kier alpha value is -1.71. The second-order valence-corrected chi connectivity index (χ2v) is 5.54. The summed E-state index contributed by atoms with van der Waals surface area (Å²) in [7, 11) is 0. The molecule has 0 radical (unpaired) electrons. The number of nitrogen functional groups attached to an aromatic ring is 1. The van der Waals surface area contributed by atoms with E-state index in [1.54, 1.807) is 0 Å². The second kappa shape index (κ2) is 5.11. The van der Waals surface area contributed by atoms with E-state index in [2.05, 4.69) is 37.5 Å². The normalized spacial score (nSPS) is 14.8. The van der Waals surface area contributed by atoms with Crippen molar-refractivity contribution in [2.75, 3.05) is 16.4 Å². The average Bonchev–Trinajstić information content (AvgIpc) is 2.40. The molecule has 0 fully saturated rings. The molecule has 1 aliphatic rings. The summed E-state index contributed by atoms with van der Waals surface area (Å²) in [4.78, 5) is 11.4. The van der Waals surface area contributed by atoms with Crippen LogP contribution in [0, 0.1) is 0 Å². The van der Waals surface area contributed by atoms with Gasteiger partial charge in [-0.05, 0) is 43.9 Å². The Bertz CT molecular complexity index is 492. The quantitative estimate of drug-likeness (QED) is 0.729. The monoisotopic (exact) mass is 261 g/mol. The number of benzene rings is 1. The number of nitrogens with one attached hydrogen (secondary N) is 2. The molecule has 4 N–H and O–H groups in total. The lowest BCUT2D eigenvalue weighted by Gasteiger charge is -2.31. The second-order valence-electron chi connectivity index (χ2n) is 5.54. The predicted molar refractivity (Wildman–Crippen MR) is 80.4 cm³/mol. The molecule has 0 bridgehead atoms. The molecule has 2 rings (SSSR count). The minimum absolute atomic E-state index is 0.0558. The van der Waals surface area contributed by atoms with Gasteiger partial charge >= 0.3 is 0 Å². The third kappa shape index (κ3) is 2.83. The first-order valence-corrected chi connectivity index (χ1v) is 6.98. The van der Waals surface area contributed by atoms with Crippen LogP contribution in [0.1, 0.15) is 45.6 Å². The molecule has 1 amide bonds. The Morgan fingerprint density at radius 1 is 1.32 bits per heavy atom. The summed E-state index contributed by atoms with van der Waals surface area (Å²) in [6, 6.07) is 3.94. The summed E-state index contributed by atoms with van der Waals surface area (Å²) in [6.07, 6.45) is 3.41. The van der Waals surface area contributed by atoms with Gasteiger partial charge in [-0.15, -0.1) is 0 Å². The van der Waals surface area contributed by atoms with Crippen molar-refractivity contribution in [1.82, 2.24) is 0 Å². The van der Waals surface area contributed by atoms with Gasteiger partial charge in [-0.2, -0.15) is 0 Å². The van der Waals surface area contributed by atoms with E-state index < -0.39 is 0 Å². The molecule has 1 aromatic rings. The van der Waals surface area contributed by atoms with Gasteiger partial charge in [0.25, 0.3) is 0 Å². The zero-order valence-electron chi connectivity index (χ0n) is 12.0. The van der Waals surface area contributed by atoms with E-state index in [1.165, 1.54) is 0 Å². The lowest BCUT2D eigenvalue weighted by molar-refractivity contribution is -0.116. The van der Waals surface area contributed by atoms with Gasteiger partial charge in [-0.1, -0.05) is 13.8 Å². The first-order chi connectivity index (χ1) is 8.97. The summed E-state index contributed by atoms with van der Waals surface area (Å²) in [5.74, 6) is 0.0690. The molecule has 4 heteroatoms. The molecule has 1 aliphatic heterocycles. The molecule has 0 aromatic heterocycles. The highest BCUT2D eigenvalue weighted by Gasteiger charge is 2.22. The SMILES string of the molecule is CCC(C)(CC)Nc1cc2c(cc1N)NC(=O)CC2. The number of hydrogen-bond acceptors (Lipinski definition) is 3. The molecule has 0 unspecified atom stereocenters. The van der Waals surface area contributed by atoms with Gasteiger partial charge in [0.15, 0.2) is 0 Å². The van der Waals surface area contributed by atoms with E-state index >= 15 is 0 Å². The van der Waals surface area contributed by atoms with E-state index in [1.807, 2.05) is 6.07 Å². The third-order valence-electron chi connectivity index (χ3n) is 4.17. The lowest BCUT2D eigenvalue weighted by Crippen LogP contribution is -2.33. The molecule has 0 aliphatic carbocycles. The molecule has 19 heavy (non-hydrogen) atoms. The van der Waals surface area contributed by atoms with Crippen LogP contribution in [0.4, 0.5) is 17.1 Å². The van der Waals surface area contributed by atoms with Crippen molar-refractivity contribution in [3.8, 4) is 0 Å². The molecule has 1 heterocycles. The summed E-state index contributed by atoms with van der Waals surface area (Å²) in [5, 5.41) is 6.42. The average molecular weight is 261 g/mol. The summed E-state index contributed by atoms with van der Waals surface area (Å²) < 4.78 is 0. The summed E-state index contributed by atoms with van der Waals surface area (Å²) in [5.41, 5.74) is 9.82. The van der Waals surface area contributed by atoms with Gasteiger partial charge < -0.3 is 16.4 Å². The van der Waals surface area contributed by atoms with Crippen LogP contribution in [0.25, 0.3) is 0 Å². The molecule has 0 saturated heterocycles. The Labute approximate surface area is 114 Å². The van der Waals surface area contributed by atoms with Crippen LogP contribution in [-0.2, 0) is 11.2 Å². The Balaban J connectivity index is 2.30. The van der Waals surface area contributed by atoms with Crippen molar-refractivity contribution >= 4 is 23.0 Å². The third-order valence-corrected chi connectivity index (χ3v) is 4.17. The maximum absolute atomic E-state index is 11.4. The van der Waals surface area contributed by atoms with Crippen LogP contribution < -0.4 is 16.4 Å². The Morgan fingerprint density at radius 3 is 2.63 bits per heavy atom. The highest BCUT2D eigenvalue weighted by molar-refractivity contribution is 5.95. The van der Waals surface area contributed by atoms with Crippen LogP contribution in [-0.4, -0.2) is 11.4 Å². The number of aryl methyl sites for hydroxylation is 1. The fourth-order valence-corrected chi connectivity index (χ4v) is 2.31. The van der Waals surface area contributed by atoms with Crippen molar-refractivity contribution in [3.05, 3.63) is 17.7 Å². The minimum Gasteiger partial charge on any atom is -0.397 e. The van der Waals surface area contributed by atoms with E-state index in [4.69, 9.17) is 5.73 Å². The number of rotatable bonds is 4. The number of anilines is 3. The Kier molecular flexibility index (Phi) is 3.69. The van der Waals surface area contributed by atoms with Gasteiger partial charge in [0.05, 0.1) is 11.4 Å². The van der Waals surface area contributed by atoms with Crippen LogP contribution >= 0.6 is 0 Å². The smallest absolute Gasteiger partial charge is 0.224 e. The number of amides is 1. The zero-order valence-corrected chi connectivity index (χ0v) is 12.0. The molecule has 0 saturated carbocycles.